The fourth-order valence-corrected chi connectivity index (χ4v) is 2.26. The fourth-order valence-electron chi connectivity index (χ4n) is 2.07. The number of carbonyl (C=O) groups excluding carboxylic acids is 1. The number of aliphatic hydroxyl groups is 1. The largest absolute Gasteiger partial charge is 0.391 e. The summed E-state index contributed by atoms with van der Waals surface area (Å²) in [6.45, 7) is 0.820. The Morgan fingerprint density at radius 1 is 1.55 bits per heavy atom. The van der Waals surface area contributed by atoms with Gasteiger partial charge in [0.1, 0.15) is 5.02 Å². The van der Waals surface area contributed by atoms with Crippen LogP contribution in [0.25, 0.3) is 0 Å². The second kappa shape index (κ2) is 6.06. The van der Waals surface area contributed by atoms with Gasteiger partial charge in [-0.2, -0.15) is 0 Å². The van der Waals surface area contributed by atoms with Crippen molar-refractivity contribution in [1.29, 1.82) is 0 Å². The highest BCUT2D eigenvalue weighted by Crippen LogP contribution is 2.27. The number of benzene rings is 1. The summed E-state index contributed by atoms with van der Waals surface area (Å²) in [4.78, 5) is 23.6. The van der Waals surface area contributed by atoms with Gasteiger partial charge in [0.2, 0.25) is 0 Å². The lowest BCUT2D eigenvalue weighted by Gasteiger charge is -2.30. The first kappa shape index (κ1) is 14.5. The van der Waals surface area contributed by atoms with E-state index in [2.05, 4.69) is 5.32 Å². The molecule has 1 aliphatic heterocycles. The van der Waals surface area contributed by atoms with Crippen LogP contribution in [0.3, 0.4) is 0 Å². The third kappa shape index (κ3) is 3.37. The molecule has 1 atom stereocenters. The van der Waals surface area contributed by atoms with Crippen LogP contribution in [-0.4, -0.2) is 40.2 Å². The molecule has 0 bridgehead atoms. The average molecular weight is 300 g/mol. The fraction of sp³-hybridized carbons (Fsp3) is 0.417. The SMILES string of the molecule is O=C(Nc1ccc(Cl)c([N+](=O)[O-])c1)N1CCCC(O)C1. The van der Waals surface area contributed by atoms with Gasteiger partial charge >= 0.3 is 6.03 Å². The van der Waals surface area contributed by atoms with Crippen LogP contribution in [0.2, 0.25) is 5.02 Å². The number of hydrogen-bond acceptors (Lipinski definition) is 4. The first-order valence-electron chi connectivity index (χ1n) is 6.15. The average Bonchev–Trinajstić information content (AvgIpc) is 2.40. The third-order valence-electron chi connectivity index (χ3n) is 3.08. The Morgan fingerprint density at radius 3 is 2.95 bits per heavy atom. The second-order valence-corrected chi connectivity index (χ2v) is 5.00. The van der Waals surface area contributed by atoms with E-state index in [4.69, 9.17) is 11.6 Å². The highest BCUT2D eigenvalue weighted by atomic mass is 35.5. The van der Waals surface area contributed by atoms with E-state index >= 15 is 0 Å². The number of β-amino-alcohol motifs (C(OH)–C–C–N with tert-alkyl or cyclic N) is 1. The van der Waals surface area contributed by atoms with Crippen LogP contribution < -0.4 is 5.32 Å². The summed E-state index contributed by atoms with van der Waals surface area (Å²) in [6.07, 6.45) is 0.889. The lowest BCUT2D eigenvalue weighted by atomic mass is 10.1. The van der Waals surface area contributed by atoms with Crippen molar-refractivity contribution in [3.63, 3.8) is 0 Å². The molecule has 1 aromatic carbocycles. The Hall–Kier alpha value is -1.86. The maximum absolute atomic E-state index is 12.0. The number of amides is 2. The van der Waals surface area contributed by atoms with Gasteiger partial charge in [0, 0.05) is 24.8 Å². The molecular weight excluding hydrogens is 286 g/mol. The van der Waals surface area contributed by atoms with Crippen molar-refractivity contribution in [2.24, 2.45) is 0 Å². The highest BCUT2D eigenvalue weighted by molar-refractivity contribution is 6.32. The Bertz CT molecular complexity index is 537. The van der Waals surface area contributed by atoms with Gasteiger partial charge < -0.3 is 15.3 Å². The van der Waals surface area contributed by atoms with Crippen molar-refractivity contribution < 1.29 is 14.8 Å². The van der Waals surface area contributed by atoms with E-state index in [9.17, 15) is 20.0 Å². The van der Waals surface area contributed by atoms with E-state index in [1.54, 1.807) is 0 Å². The summed E-state index contributed by atoms with van der Waals surface area (Å²) in [7, 11) is 0. The lowest BCUT2D eigenvalue weighted by Crippen LogP contribution is -2.44. The number of hydrogen-bond donors (Lipinski definition) is 2. The van der Waals surface area contributed by atoms with E-state index in [1.165, 1.54) is 23.1 Å². The number of rotatable bonds is 2. The summed E-state index contributed by atoms with van der Waals surface area (Å²) in [5, 5.41) is 22.9. The molecule has 0 aliphatic carbocycles. The van der Waals surface area contributed by atoms with Crippen molar-refractivity contribution in [1.82, 2.24) is 4.90 Å². The topological polar surface area (TPSA) is 95.7 Å². The van der Waals surface area contributed by atoms with Crippen LogP contribution in [0.4, 0.5) is 16.2 Å². The van der Waals surface area contributed by atoms with Crippen molar-refractivity contribution in [3.05, 3.63) is 33.3 Å². The quantitative estimate of drug-likeness (QED) is 0.646. The van der Waals surface area contributed by atoms with E-state index < -0.39 is 11.0 Å². The molecule has 0 saturated carbocycles. The van der Waals surface area contributed by atoms with Crippen LogP contribution in [0, 0.1) is 10.1 Å². The van der Waals surface area contributed by atoms with Crippen molar-refractivity contribution in [3.8, 4) is 0 Å². The molecule has 1 saturated heterocycles. The standard InChI is InChI=1S/C12H14ClN3O4/c13-10-4-3-8(6-11(10)16(19)20)14-12(18)15-5-1-2-9(17)7-15/h3-4,6,9,17H,1-2,5,7H2,(H,14,18). The lowest BCUT2D eigenvalue weighted by molar-refractivity contribution is -0.384. The van der Waals surface area contributed by atoms with Gasteiger partial charge in [-0.15, -0.1) is 0 Å². The Labute approximate surface area is 120 Å². The molecule has 1 heterocycles. The zero-order chi connectivity index (χ0) is 14.7. The Morgan fingerprint density at radius 2 is 2.30 bits per heavy atom. The molecule has 20 heavy (non-hydrogen) atoms. The normalized spacial score (nSPS) is 18.7. The summed E-state index contributed by atoms with van der Waals surface area (Å²) >= 11 is 5.70. The van der Waals surface area contributed by atoms with Gasteiger partial charge in [-0.25, -0.2) is 4.79 Å². The number of nitro benzene ring substituents is 1. The van der Waals surface area contributed by atoms with Gasteiger partial charge in [-0.3, -0.25) is 10.1 Å². The molecule has 1 aliphatic rings. The van der Waals surface area contributed by atoms with Crippen molar-refractivity contribution in [2.75, 3.05) is 18.4 Å². The molecule has 0 radical (unpaired) electrons. The molecular formula is C12H14ClN3O4. The summed E-state index contributed by atoms with van der Waals surface area (Å²) in [5.74, 6) is 0. The smallest absolute Gasteiger partial charge is 0.321 e. The van der Waals surface area contributed by atoms with Gasteiger partial charge in [-0.05, 0) is 25.0 Å². The van der Waals surface area contributed by atoms with Crippen molar-refractivity contribution in [2.45, 2.75) is 18.9 Å². The molecule has 2 rings (SSSR count). The van der Waals surface area contributed by atoms with Crippen molar-refractivity contribution >= 4 is 29.0 Å². The molecule has 1 aromatic rings. The molecule has 0 spiro atoms. The van der Waals surface area contributed by atoms with Gasteiger partial charge in [0.25, 0.3) is 5.69 Å². The first-order valence-corrected chi connectivity index (χ1v) is 6.53. The van der Waals surface area contributed by atoms with E-state index in [-0.39, 0.29) is 23.3 Å². The van der Waals surface area contributed by atoms with Crippen LogP contribution in [0.5, 0.6) is 0 Å². The number of likely N-dealkylation sites (tertiary alicyclic amines) is 1. The maximum atomic E-state index is 12.0. The number of aliphatic hydroxyl groups excluding tert-OH is 1. The maximum Gasteiger partial charge on any atom is 0.321 e. The van der Waals surface area contributed by atoms with E-state index in [0.29, 0.717) is 18.7 Å². The van der Waals surface area contributed by atoms with E-state index in [0.717, 1.165) is 6.42 Å². The molecule has 2 N–H and O–H groups in total. The predicted octanol–water partition coefficient (Wildman–Crippen LogP) is 2.24. The van der Waals surface area contributed by atoms with Crippen LogP contribution in [0.1, 0.15) is 12.8 Å². The summed E-state index contributed by atoms with van der Waals surface area (Å²) in [5.41, 5.74) is 0.0364. The number of halogens is 1. The number of nitrogens with one attached hydrogen (secondary N) is 1. The zero-order valence-electron chi connectivity index (χ0n) is 10.6. The molecule has 1 fully saturated rings. The Balaban J connectivity index is 2.07. The first-order chi connectivity index (χ1) is 9.47. The zero-order valence-corrected chi connectivity index (χ0v) is 11.3. The minimum absolute atomic E-state index is 0.0152. The molecule has 8 heteroatoms. The predicted molar refractivity (Wildman–Crippen MR) is 73.9 cm³/mol. The second-order valence-electron chi connectivity index (χ2n) is 4.60. The minimum atomic E-state index is -0.608. The van der Waals surface area contributed by atoms with E-state index in [1.807, 2.05) is 0 Å². The molecule has 2 amide bonds. The van der Waals surface area contributed by atoms with Gasteiger partial charge in [0.15, 0.2) is 0 Å². The van der Waals surface area contributed by atoms with Gasteiger partial charge in [0.05, 0.1) is 11.0 Å². The number of urea groups is 1. The molecule has 108 valence electrons. The number of nitrogens with zero attached hydrogens (tertiary/aromatic N) is 2. The highest BCUT2D eigenvalue weighted by Gasteiger charge is 2.22. The number of carbonyl (C=O) groups is 1. The monoisotopic (exact) mass is 299 g/mol. The number of nitro groups is 1. The number of anilines is 1. The molecule has 1 unspecified atom stereocenters. The van der Waals surface area contributed by atoms with Gasteiger partial charge in [-0.1, -0.05) is 11.6 Å². The minimum Gasteiger partial charge on any atom is -0.391 e. The van der Waals surface area contributed by atoms with Crippen LogP contribution in [-0.2, 0) is 0 Å². The summed E-state index contributed by atoms with van der Waals surface area (Å²) < 4.78 is 0. The van der Waals surface area contributed by atoms with Crippen LogP contribution >= 0.6 is 11.6 Å². The molecule has 0 aromatic heterocycles. The Kier molecular flexibility index (Phi) is 4.41. The molecule has 7 nitrogen and oxygen atoms in total. The summed E-state index contributed by atoms with van der Waals surface area (Å²) in [6, 6.07) is 3.68. The van der Waals surface area contributed by atoms with Crippen LogP contribution in [0.15, 0.2) is 18.2 Å². The number of piperidine rings is 1. The third-order valence-corrected chi connectivity index (χ3v) is 3.40.